The lowest BCUT2D eigenvalue weighted by Gasteiger charge is -2.17. The van der Waals surface area contributed by atoms with Crippen molar-refractivity contribution in [1.82, 2.24) is 4.73 Å². The lowest BCUT2D eigenvalue weighted by atomic mass is 10.2. The van der Waals surface area contributed by atoms with E-state index in [0.29, 0.717) is 24.2 Å². The molecular formula is C28H35N2O11+. The second-order valence-corrected chi connectivity index (χ2v) is 10.7. The van der Waals surface area contributed by atoms with E-state index < -0.39 is 17.5 Å². The summed E-state index contributed by atoms with van der Waals surface area (Å²) in [6.45, 7) is 8.64. The van der Waals surface area contributed by atoms with Crippen LogP contribution in [-0.2, 0) is 33.2 Å². The van der Waals surface area contributed by atoms with Gasteiger partial charge in [0.1, 0.15) is 25.4 Å². The number of benzene rings is 2. The first-order valence-corrected chi connectivity index (χ1v) is 13.4. The predicted molar refractivity (Wildman–Crippen MR) is 143 cm³/mol. The topological polar surface area (TPSA) is 139 Å². The fraction of sp³-hybridized carbons (Fsp3) is 0.536. The summed E-state index contributed by atoms with van der Waals surface area (Å²) in [6.07, 6.45) is -0.462. The monoisotopic (exact) mass is 575 g/mol. The molecule has 0 saturated carbocycles. The number of esters is 1. The molecule has 2 aromatic carbocycles. The summed E-state index contributed by atoms with van der Waals surface area (Å²) < 4.78 is 46.2. The van der Waals surface area contributed by atoms with Gasteiger partial charge >= 0.3 is 11.5 Å². The zero-order chi connectivity index (χ0) is 29.2. The van der Waals surface area contributed by atoms with Crippen molar-refractivity contribution < 1.29 is 52.3 Å². The molecule has 0 radical (unpaired) electrons. The Morgan fingerprint density at radius 2 is 1.59 bits per heavy atom. The largest absolute Gasteiger partial charge is 0.489 e. The Morgan fingerprint density at radius 1 is 0.951 bits per heavy atom. The van der Waals surface area contributed by atoms with Crippen LogP contribution in [0.25, 0.3) is 22.1 Å². The molecule has 3 aromatic rings. The van der Waals surface area contributed by atoms with Crippen molar-refractivity contribution in [2.75, 3.05) is 46.2 Å². The Hall–Kier alpha value is -3.33. The highest BCUT2D eigenvalue weighted by Crippen LogP contribution is 2.30. The molecular weight excluding hydrogens is 540 g/mol. The van der Waals surface area contributed by atoms with E-state index in [4.69, 9.17) is 37.9 Å². The van der Waals surface area contributed by atoms with Crippen LogP contribution in [0.2, 0.25) is 0 Å². The Balaban J connectivity index is 1.25. The minimum Gasteiger partial charge on any atom is -0.489 e. The van der Waals surface area contributed by atoms with Gasteiger partial charge in [0.2, 0.25) is 5.75 Å². The van der Waals surface area contributed by atoms with Gasteiger partial charge in [0.05, 0.1) is 37.5 Å². The molecule has 222 valence electrons. The maximum atomic E-state index is 13.5. The van der Waals surface area contributed by atoms with Crippen LogP contribution in [0.1, 0.15) is 27.7 Å². The van der Waals surface area contributed by atoms with E-state index in [9.17, 15) is 14.9 Å². The zero-order valence-electron chi connectivity index (χ0n) is 23.5. The average Bonchev–Trinajstić information content (AvgIpc) is 3.46. The minimum absolute atomic E-state index is 0.0293. The quantitative estimate of drug-likeness (QED) is 0.0901. The Morgan fingerprint density at radius 3 is 2.24 bits per heavy atom. The highest BCUT2D eigenvalue weighted by molar-refractivity contribution is 5.89. The van der Waals surface area contributed by atoms with E-state index in [2.05, 4.69) is 0 Å². The molecule has 41 heavy (non-hydrogen) atoms. The van der Waals surface area contributed by atoms with Crippen LogP contribution in [0.5, 0.6) is 11.5 Å². The summed E-state index contributed by atoms with van der Waals surface area (Å²) in [4.78, 5) is 26.0. The van der Waals surface area contributed by atoms with Crippen LogP contribution in [-0.4, -0.2) is 85.9 Å². The van der Waals surface area contributed by atoms with Crippen molar-refractivity contribution in [2.24, 2.45) is 0 Å². The molecule has 2 atom stereocenters. The van der Waals surface area contributed by atoms with Gasteiger partial charge in [0, 0.05) is 11.0 Å². The molecule has 0 amide bonds. The number of aromatic nitrogens is 2. The second kappa shape index (κ2) is 11.9. The molecule has 13 nitrogen and oxygen atoms in total. The number of ether oxygens (including phenoxy) is 8. The molecule has 0 aliphatic carbocycles. The van der Waals surface area contributed by atoms with Crippen LogP contribution < -0.4 is 13.9 Å². The van der Waals surface area contributed by atoms with Gasteiger partial charge in [-0.05, 0) is 45.9 Å². The molecule has 3 heterocycles. The number of fused-ring (bicyclic) bond motifs is 2. The first-order valence-electron chi connectivity index (χ1n) is 13.4. The maximum absolute atomic E-state index is 13.5. The number of carbonyl (C=O) groups is 1. The van der Waals surface area contributed by atoms with Crippen LogP contribution in [0.3, 0.4) is 0 Å². The molecule has 2 aliphatic rings. The molecule has 1 N–H and O–H groups in total. The number of hydrogen-bond donors (Lipinski definition) is 1. The number of hydrogen-bond acceptors (Lipinski definition) is 11. The van der Waals surface area contributed by atoms with E-state index in [1.807, 2.05) is 13.8 Å². The normalized spacial score (nSPS) is 21.5. The van der Waals surface area contributed by atoms with Crippen molar-refractivity contribution in [2.45, 2.75) is 51.5 Å². The van der Waals surface area contributed by atoms with Gasteiger partial charge < -0.3 is 43.1 Å². The van der Waals surface area contributed by atoms with Gasteiger partial charge in [-0.3, -0.25) is 0 Å². The third-order valence-corrected chi connectivity index (χ3v) is 6.49. The smallest absolute Gasteiger partial charge is 0.337 e. The third-order valence-electron chi connectivity index (χ3n) is 6.49. The van der Waals surface area contributed by atoms with Crippen molar-refractivity contribution in [3.63, 3.8) is 0 Å². The van der Waals surface area contributed by atoms with Gasteiger partial charge in [-0.25, -0.2) is 4.79 Å². The summed E-state index contributed by atoms with van der Waals surface area (Å²) in [5.41, 5.74) is 0.341. The Labute approximate surface area is 235 Å². The van der Waals surface area contributed by atoms with Gasteiger partial charge in [-0.2, -0.15) is 4.73 Å². The van der Waals surface area contributed by atoms with E-state index in [0.717, 1.165) is 4.73 Å². The van der Waals surface area contributed by atoms with Crippen molar-refractivity contribution in [3.05, 3.63) is 41.3 Å². The first kappa shape index (κ1) is 29.2. The minimum atomic E-state index is -0.713. The molecule has 2 unspecified atom stereocenters. The van der Waals surface area contributed by atoms with Gasteiger partial charge in [-0.15, -0.1) is 0 Å². The van der Waals surface area contributed by atoms with Crippen molar-refractivity contribution in [3.8, 4) is 11.5 Å². The summed E-state index contributed by atoms with van der Waals surface area (Å²) in [6, 6.07) is 9.35. The van der Waals surface area contributed by atoms with Crippen LogP contribution >= 0.6 is 0 Å². The second-order valence-electron chi connectivity index (χ2n) is 10.7. The first-order chi connectivity index (χ1) is 19.5. The molecule has 0 bridgehead atoms. The van der Waals surface area contributed by atoms with E-state index >= 15 is 0 Å². The highest BCUT2D eigenvalue weighted by atomic mass is 16.8. The lowest BCUT2D eigenvalue weighted by Crippen LogP contribution is -2.26. The molecule has 2 aliphatic heterocycles. The molecule has 5 rings (SSSR count). The number of para-hydroxylation sites is 2. The summed E-state index contributed by atoms with van der Waals surface area (Å²) >= 11 is 0. The molecule has 0 spiro atoms. The van der Waals surface area contributed by atoms with Gasteiger partial charge in [0.15, 0.2) is 28.4 Å². The Bertz CT molecular complexity index is 1470. The van der Waals surface area contributed by atoms with E-state index in [-0.39, 0.29) is 72.2 Å². The summed E-state index contributed by atoms with van der Waals surface area (Å²) in [7, 11) is 0. The fourth-order valence-electron chi connectivity index (χ4n) is 4.75. The number of nitrogens with zero attached hydrogens (tertiary/aromatic N) is 2. The van der Waals surface area contributed by atoms with E-state index in [1.54, 1.807) is 32.0 Å². The van der Waals surface area contributed by atoms with Gasteiger partial charge in [0.25, 0.3) is 5.52 Å². The summed E-state index contributed by atoms with van der Waals surface area (Å²) in [5, 5.41) is 11.1. The van der Waals surface area contributed by atoms with Crippen LogP contribution in [0.15, 0.2) is 36.4 Å². The SMILES string of the molecule is CC1(C)OCC(COCCOc2cccc3c2n(O)c2cccc(OC(=O)COCC4COC(C)(C)O4)c2[n+]3=O)O1. The van der Waals surface area contributed by atoms with Crippen molar-refractivity contribution in [1.29, 1.82) is 0 Å². The summed E-state index contributed by atoms with van der Waals surface area (Å²) in [5.74, 6) is -1.78. The zero-order valence-corrected chi connectivity index (χ0v) is 23.5. The molecule has 2 saturated heterocycles. The predicted octanol–water partition coefficient (Wildman–Crippen LogP) is 2.57. The Kier molecular flexibility index (Phi) is 8.45. The number of rotatable bonds is 11. The van der Waals surface area contributed by atoms with Crippen LogP contribution in [0, 0.1) is 4.91 Å². The van der Waals surface area contributed by atoms with Crippen LogP contribution in [0.4, 0.5) is 0 Å². The molecule has 1 aromatic heterocycles. The molecule has 13 heteroatoms. The highest BCUT2D eigenvalue weighted by Gasteiger charge is 2.34. The fourth-order valence-corrected chi connectivity index (χ4v) is 4.75. The number of carbonyl (C=O) groups excluding carboxylic acids is 1. The van der Waals surface area contributed by atoms with Crippen molar-refractivity contribution >= 4 is 28.0 Å². The standard InChI is InChI=1S/C28H35N2O11/c1-27(2)37-15-18(40-27)13-34-11-12-36-22-9-5-7-20-25(22)29(32)21-8-6-10-23(26(21)30(20)33)39-24(31)17-35-14-19-16-38-28(3,4)41-19/h5-10,18-19,32H,11-17H2,1-4H3/q+1. The van der Waals surface area contributed by atoms with Gasteiger partial charge in [-0.1, -0.05) is 12.1 Å². The van der Waals surface area contributed by atoms with E-state index in [1.165, 1.54) is 18.2 Å². The lowest BCUT2D eigenvalue weighted by molar-refractivity contribution is -0.433. The average molecular weight is 576 g/mol. The third kappa shape index (κ3) is 6.77. The molecule has 2 fully saturated rings. The maximum Gasteiger partial charge on any atom is 0.337 e.